The van der Waals surface area contributed by atoms with Crippen LogP contribution in [0, 0.1) is 0 Å². The van der Waals surface area contributed by atoms with Crippen LogP contribution in [0.3, 0.4) is 0 Å². The molecule has 0 amide bonds. The maximum atomic E-state index is 11.5. The van der Waals surface area contributed by atoms with E-state index < -0.39 is 5.97 Å². The first-order valence-corrected chi connectivity index (χ1v) is 19.1. The van der Waals surface area contributed by atoms with Crippen molar-refractivity contribution < 1.29 is 39.5 Å². The second-order valence-corrected chi connectivity index (χ2v) is 13.2. The van der Waals surface area contributed by atoms with Gasteiger partial charge in [0.15, 0.2) is 0 Å². The van der Waals surface area contributed by atoms with E-state index in [0.29, 0.717) is 0 Å². The minimum absolute atomic E-state index is 0. The van der Waals surface area contributed by atoms with Crippen molar-refractivity contribution in [3.8, 4) is 0 Å². The molecule has 42 heavy (non-hydrogen) atoms. The molecule has 0 aliphatic carbocycles. The molecule has 0 radical (unpaired) electrons. The summed E-state index contributed by atoms with van der Waals surface area (Å²) in [7, 11) is 0. The van der Waals surface area contributed by atoms with Crippen LogP contribution in [-0.4, -0.2) is 30.0 Å². The summed E-state index contributed by atoms with van der Waals surface area (Å²) < 4.78 is 0. The number of unbranched alkanes of at least 4 members (excludes halogenated alkanes) is 26. The molecule has 1 unspecified atom stereocenters. The van der Waals surface area contributed by atoms with Crippen molar-refractivity contribution >= 4 is 5.97 Å². The molecule has 4 heteroatoms. The van der Waals surface area contributed by atoms with Gasteiger partial charge in [0.2, 0.25) is 0 Å². The molecule has 0 spiro atoms. The Morgan fingerprint density at radius 1 is 0.452 bits per heavy atom. The third-order valence-corrected chi connectivity index (χ3v) is 9.14. The van der Waals surface area contributed by atoms with Gasteiger partial charge in [-0.3, -0.25) is 0 Å². The standard InChI is InChI=1S/C38H77NO2.Na/c1-4-7-9-11-13-15-17-19-21-23-25-27-29-31-34-39(37(33-6-3)36-38(40)41)35-32-30-28-26-24-22-20-18-16-14-12-10-8-5-2;/h37H,4-36H2,1-3H3,(H,40,41);/q;+1/p-1. The summed E-state index contributed by atoms with van der Waals surface area (Å²) in [5.41, 5.74) is 0. The van der Waals surface area contributed by atoms with Gasteiger partial charge in [0.05, 0.1) is 0 Å². The van der Waals surface area contributed by atoms with Crippen LogP contribution in [0.15, 0.2) is 0 Å². The molecule has 0 aromatic rings. The molecule has 246 valence electrons. The van der Waals surface area contributed by atoms with Gasteiger partial charge in [-0.1, -0.05) is 194 Å². The van der Waals surface area contributed by atoms with Crippen LogP contribution in [0.1, 0.15) is 220 Å². The topological polar surface area (TPSA) is 43.4 Å². The molecule has 0 N–H and O–H groups in total. The van der Waals surface area contributed by atoms with Gasteiger partial charge in [0.1, 0.15) is 0 Å². The fourth-order valence-electron chi connectivity index (χ4n) is 6.44. The van der Waals surface area contributed by atoms with Crippen LogP contribution < -0.4 is 34.7 Å². The van der Waals surface area contributed by atoms with E-state index in [1.807, 2.05) is 0 Å². The van der Waals surface area contributed by atoms with E-state index in [2.05, 4.69) is 25.7 Å². The Hall–Kier alpha value is 0.430. The number of carboxylic acid groups (broad SMARTS) is 1. The maximum Gasteiger partial charge on any atom is 1.00 e. The van der Waals surface area contributed by atoms with Crippen molar-refractivity contribution in [2.24, 2.45) is 0 Å². The average Bonchev–Trinajstić information content (AvgIpc) is 2.96. The zero-order valence-electron chi connectivity index (χ0n) is 29.7. The molecule has 1 atom stereocenters. The maximum absolute atomic E-state index is 11.5. The predicted octanol–water partition coefficient (Wildman–Crippen LogP) is 8.56. The normalized spacial score (nSPS) is 12.1. The summed E-state index contributed by atoms with van der Waals surface area (Å²) in [6.07, 6.45) is 40.9. The molecule has 0 aromatic heterocycles. The number of carbonyl (C=O) groups is 1. The third-order valence-electron chi connectivity index (χ3n) is 9.14. The average molecular weight is 602 g/mol. The van der Waals surface area contributed by atoms with Crippen LogP contribution in [0.2, 0.25) is 0 Å². The minimum atomic E-state index is -0.879. The Labute approximate surface area is 287 Å². The van der Waals surface area contributed by atoms with Crippen molar-refractivity contribution in [1.29, 1.82) is 0 Å². The van der Waals surface area contributed by atoms with Crippen molar-refractivity contribution in [2.75, 3.05) is 13.1 Å². The SMILES string of the molecule is CCCCCCCCCCCCCCCCN(CCCCCCCCCCCCCCCC)C(CCC)CC(=O)[O-].[Na+]. The third kappa shape index (κ3) is 33.3. The summed E-state index contributed by atoms with van der Waals surface area (Å²) in [6, 6.07) is 0.161. The molecular weight excluding hydrogens is 525 g/mol. The molecule has 0 bridgehead atoms. The van der Waals surface area contributed by atoms with Gasteiger partial charge in [-0.25, -0.2) is 0 Å². The summed E-state index contributed by atoms with van der Waals surface area (Å²) in [4.78, 5) is 14.0. The van der Waals surface area contributed by atoms with Gasteiger partial charge in [-0.15, -0.1) is 0 Å². The number of carboxylic acids is 1. The minimum Gasteiger partial charge on any atom is -0.550 e. The second-order valence-electron chi connectivity index (χ2n) is 13.2. The van der Waals surface area contributed by atoms with E-state index in [9.17, 15) is 9.90 Å². The largest absolute Gasteiger partial charge is 1.00 e. The van der Waals surface area contributed by atoms with E-state index in [1.165, 1.54) is 180 Å². The van der Waals surface area contributed by atoms with E-state index in [4.69, 9.17) is 0 Å². The van der Waals surface area contributed by atoms with Crippen LogP contribution in [0.4, 0.5) is 0 Å². The number of hydrogen-bond acceptors (Lipinski definition) is 3. The van der Waals surface area contributed by atoms with Crippen molar-refractivity contribution in [3.63, 3.8) is 0 Å². The quantitative estimate of drug-likeness (QED) is 0.0540. The van der Waals surface area contributed by atoms with Crippen molar-refractivity contribution in [1.82, 2.24) is 4.90 Å². The van der Waals surface area contributed by atoms with Crippen LogP contribution in [-0.2, 0) is 4.79 Å². The Morgan fingerprint density at radius 3 is 0.952 bits per heavy atom. The fourth-order valence-corrected chi connectivity index (χ4v) is 6.44. The van der Waals surface area contributed by atoms with Gasteiger partial charge in [0.25, 0.3) is 0 Å². The van der Waals surface area contributed by atoms with E-state index in [0.717, 1.165) is 25.9 Å². The number of rotatable bonds is 35. The Balaban J connectivity index is 0. The van der Waals surface area contributed by atoms with Crippen LogP contribution in [0.5, 0.6) is 0 Å². The Morgan fingerprint density at radius 2 is 0.714 bits per heavy atom. The first kappa shape index (κ1) is 44.6. The molecule has 0 fully saturated rings. The van der Waals surface area contributed by atoms with Crippen molar-refractivity contribution in [3.05, 3.63) is 0 Å². The van der Waals surface area contributed by atoms with E-state index in [-0.39, 0.29) is 42.0 Å². The molecule has 0 rings (SSSR count). The first-order chi connectivity index (χ1) is 20.2. The second kappa shape index (κ2) is 37.6. The first-order valence-electron chi connectivity index (χ1n) is 19.1. The molecule has 0 aliphatic rings. The van der Waals surface area contributed by atoms with Crippen LogP contribution >= 0.6 is 0 Å². The Bertz CT molecular complexity index is 483. The molecule has 0 saturated heterocycles. The zero-order valence-corrected chi connectivity index (χ0v) is 31.7. The van der Waals surface area contributed by atoms with Gasteiger partial charge in [0, 0.05) is 18.4 Å². The smallest absolute Gasteiger partial charge is 0.550 e. The predicted molar refractivity (Wildman–Crippen MR) is 181 cm³/mol. The summed E-state index contributed by atoms with van der Waals surface area (Å²) >= 11 is 0. The van der Waals surface area contributed by atoms with E-state index >= 15 is 0 Å². The molecule has 0 aromatic carbocycles. The summed E-state index contributed by atoms with van der Waals surface area (Å²) in [5, 5.41) is 11.5. The van der Waals surface area contributed by atoms with Crippen LogP contribution in [0.25, 0.3) is 0 Å². The van der Waals surface area contributed by atoms with Gasteiger partial charge >= 0.3 is 29.6 Å². The summed E-state index contributed by atoms with van der Waals surface area (Å²) in [5.74, 6) is -0.879. The van der Waals surface area contributed by atoms with Gasteiger partial charge in [-0.05, 0) is 32.4 Å². The van der Waals surface area contributed by atoms with E-state index in [1.54, 1.807) is 0 Å². The number of carbonyl (C=O) groups excluding carboxylic acids is 1. The zero-order chi connectivity index (χ0) is 30.1. The molecule has 0 saturated carbocycles. The summed E-state index contributed by atoms with van der Waals surface area (Å²) in [6.45, 7) is 8.89. The molecule has 3 nitrogen and oxygen atoms in total. The fraction of sp³-hybridized carbons (Fsp3) is 0.974. The molecular formula is C38H76NNaO2. The monoisotopic (exact) mass is 602 g/mol. The number of aliphatic carboxylic acids is 1. The molecule has 0 aliphatic heterocycles. The van der Waals surface area contributed by atoms with Crippen molar-refractivity contribution in [2.45, 2.75) is 226 Å². The Kier molecular flexibility index (Phi) is 39.9. The number of hydrogen-bond donors (Lipinski definition) is 0. The number of nitrogens with zero attached hydrogens (tertiary/aromatic N) is 1. The van der Waals surface area contributed by atoms with Gasteiger partial charge in [-0.2, -0.15) is 0 Å². The van der Waals surface area contributed by atoms with Gasteiger partial charge < -0.3 is 14.8 Å². The molecule has 0 heterocycles.